The molecular formula is C12H14F5N. The van der Waals surface area contributed by atoms with Gasteiger partial charge in [0.2, 0.25) is 0 Å². The lowest BCUT2D eigenvalue weighted by Gasteiger charge is -2.28. The summed E-state index contributed by atoms with van der Waals surface area (Å²) in [6.07, 6.45) is -5.84. The minimum atomic E-state index is -5.53. The average Bonchev–Trinajstić information content (AvgIpc) is 2.29. The Morgan fingerprint density at radius 2 is 1.61 bits per heavy atom. The van der Waals surface area contributed by atoms with Gasteiger partial charge in [0.05, 0.1) is 6.04 Å². The fraction of sp³-hybridized carbons (Fsp3) is 0.500. The molecule has 1 aromatic carbocycles. The van der Waals surface area contributed by atoms with Crippen LogP contribution in [0.15, 0.2) is 30.3 Å². The second-order valence-corrected chi connectivity index (χ2v) is 3.95. The maximum atomic E-state index is 13.1. The van der Waals surface area contributed by atoms with Crippen LogP contribution in [0.25, 0.3) is 0 Å². The molecule has 0 radical (unpaired) electrons. The highest BCUT2D eigenvalue weighted by molar-refractivity contribution is 5.14. The summed E-state index contributed by atoms with van der Waals surface area (Å²) >= 11 is 0. The lowest BCUT2D eigenvalue weighted by molar-refractivity contribution is -0.293. The van der Waals surface area contributed by atoms with Gasteiger partial charge in [-0.2, -0.15) is 22.0 Å². The summed E-state index contributed by atoms with van der Waals surface area (Å²) in [6.45, 7) is 1.27. The monoisotopic (exact) mass is 267 g/mol. The molecule has 1 rings (SSSR count). The minimum Gasteiger partial charge on any atom is -0.304 e. The normalized spacial score (nSPS) is 14.6. The van der Waals surface area contributed by atoms with Crippen LogP contribution in [0.4, 0.5) is 22.0 Å². The summed E-state index contributed by atoms with van der Waals surface area (Å²) in [6, 6.07) is 6.53. The summed E-state index contributed by atoms with van der Waals surface area (Å²) in [5.41, 5.74) is 0.661. The van der Waals surface area contributed by atoms with Crippen LogP contribution in [0.2, 0.25) is 0 Å². The Morgan fingerprint density at radius 1 is 1.06 bits per heavy atom. The number of hydrogen-bond acceptors (Lipinski definition) is 1. The van der Waals surface area contributed by atoms with E-state index in [1.807, 2.05) is 0 Å². The van der Waals surface area contributed by atoms with Crippen molar-refractivity contribution in [2.24, 2.45) is 0 Å². The third-order valence-electron chi connectivity index (χ3n) is 2.62. The van der Waals surface area contributed by atoms with E-state index in [0.29, 0.717) is 5.56 Å². The van der Waals surface area contributed by atoms with Crippen LogP contribution >= 0.6 is 0 Å². The van der Waals surface area contributed by atoms with Crippen molar-refractivity contribution in [2.45, 2.75) is 38.0 Å². The van der Waals surface area contributed by atoms with E-state index in [4.69, 9.17) is 0 Å². The molecule has 102 valence electrons. The van der Waals surface area contributed by atoms with Crippen molar-refractivity contribution in [3.05, 3.63) is 35.9 Å². The van der Waals surface area contributed by atoms with E-state index < -0.39 is 18.1 Å². The maximum absolute atomic E-state index is 13.1. The van der Waals surface area contributed by atoms with Crippen LogP contribution in [0.5, 0.6) is 0 Å². The molecule has 1 atom stereocenters. The first kappa shape index (κ1) is 14.9. The van der Waals surface area contributed by atoms with Crippen LogP contribution in [-0.2, 0) is 6.54 Å². The Balaban J connectivity index is 2.68. The Bertz CT molecular complexity index is 360. The van der Waals surface area contributed by atoms with Crippen molar-refractivity contribution in [1.82, 2.24) is 5.32 Å². The van der Waals surface area contributed by atoms with Gasteiger partial charge in [-0.15, -0.1) is 0 Å². The topological polar surface area (TPSA) is 12.0 Å². The number of nitrogens with one attached hydrogen (secondary N) is 1. The van der Waals surface area contributed by atoms with Crippen LogP contribution in [0, 0.1) is 0 Å². The first-order valence-corrected chi connectivity index (χ1v) is 5.51. The molecule has 1 nitrogen and oxygen atoms in total. The molecule has 0 saturated heterocycles. The van der Waals surface area contributed by atoms with E-state index in [2.05, 4.69) is 5.32 Å². The Morgan fingerprint density at radius 3 is 2.06 bits per heavy atom. The van der Waals surface area contributed by atoms with E-state index in [1.165, 1.54) is 6.92 Å². The Kier molecular flexibility index (Phi) is 4.67. The van der Waals surface area contributed by atoms with Crippen LogP contribution < -0.4 is 5.32 Å². The summed E-state index contributed by atoms with van der Waals surface area (Å²) in [5, 5.41) is 2.26. The fourth-order valence-electron chi connectivity index (χ4n) is 1.56. The second kappa shape index (κ2) is 5.65. The summed E-state index contributed by atoms with van der Waals surface area (Å²) in [5.74, 6) is -4.73. The molecule has 0 spiro atoms. The lowest BCUT2D eigenvalue weighted by atomic mass is 10.1. The molecule has 6 heteroatoms. The molecule has 0 aliphatic rings. The zero-order valence-electron chi connectivity index (χ0n) is 9.77. The van der Waals surface area contributed by atoms with Crippen LogP contribution in [0.1, 0.15) is 18.9 Å². The van der Waals surface area contributed by atoms with Gasteiger partial charge in [-0.1, -0.05) is 37.3 Å². The smallest absolute Gasteiger partial charge is 0.304 e. The van der Waals surface area contributed by atoms with Crippen LogP contribution in [-0.4, -0.2) is 18.1 Å². The third kappa shape index (κ3) is 3.41. The number of halogens is 5. The summed E-state index contributed by atoms with van der Waals surface area (Å²) in [7, 11) is 0. The SMILES string of the molecule is CCC(NCc1ccccc1)C(F)(F)C(F)(F)F. The van der Waals surface area contributed by atoms with Crippen molar-refractivity contribution in [1.29, 1.82) is 0 Å². The third-order valence-corrected chi connectivity index (χ3v) is 2.62. The Labute approximate surface area is 102 Å². The Hall–Kier alpha value is -1.17. The van der Waals surface area contributed by atoms with Crippen molar-refractivity contribution in [3.8, 4) is 0 Å². The van der Waals surface area contributed by atoms with Crippen molar-refractivity contribution >= 4 is 0 Å². The molecule has 0 bridgehead atoms. The molecule has 0 amide bonds. The quantitative estimate of drug-likeness (QED) is 0.801. The molecule has 0 saturated carbocycles. The van der Waals surface area contributed by atoms with Gasteiger partial charge in [-0.05, 0) is 12.0 Å². The van der Waals surface area contributed by atoms with Gasteiger partial charge in [-0.25, -0.2) is 0 Å². The maximum Gasteiger partial charge on any atom is 0.454 e. The van der Waals surface area contributed by atoms with Crippen LogP contribution in [0.3, 0.4) is 0 Å². The molecule has 0 aliphatic carbocycles. The number of benzene rings is 1. The number of rotatable bonds is 5. The summed E-state index contributed by atoms with van der Waals surface area (Å²) < 4.78 is 62.8. The highest BCUT2D eigenvalue weighted by atomic mass is 19.4. The minimum absolute atomic E-state index is 0.0228. The van der Waals surface area contributed by atoms with Crippen molar-refractivity contribution in [2.75, 3.05) is 0 Å². The summed E-state index contributed by atoms with van der Waals surface area (Å²) in [4.78, 5) is 0. The van der Waals surface area contributed by atoms with Gasteiger partial charge in [0, 0.05) is 6.54 Å². The highest BCUT2D eigenvalue weighted by Gasteiger charge is 2.61. The molecule has 18 heavy (non-hydrogen) atoms. The van der Waals surface area contributed by atoms with Crippen molar-refractivity contribution < 1.29 is 22.0 Å². The molecule has 1 N–H and O–H groups in total. The molecule has 0 aromatic heterocycles. The lowest BCUT2D eigenvalue weighted by Crippen LogP contribution is -2.53. The molecule has 1 aromatic rings. The number of alkyl halides is 5. The van der Waals surface area contributed by atoms with E-state index >= 15 is 0 Å². The molecule has 0 fully saturated rings. The predicted octanol–water partition coefficient (Wildman–Crippen LogP) is 3.75. The van der Waals surface area contributed by atoms with Crippen molar-refractivity contribution in [3.63, 3.8) is 0 Å². The first-order chi connectivity index (χ1) is 8.29. The molecule has 0 aliphatic heterocycles. The van der Waals surface area contributed by atoms with E-state index in [0.717, 1.165) is 0 Å². The van der Waals surface area contributed by atoms with E-state index in [1.54, 1.807) is 30.3 Å². The highest BCUT2D eigenvalue weighted by Crippen LogP contribution is 2.39. The zero-order valence-corrected chi connectivity index (χ0v) is 9.77. The first-order valence-electron chi connectivity index (χ1n) is 5.51. The predicted molar refractivity (Wildman–Crippen MR) is 58.4 cm³/mol. The molecule has 0 heterocycles. The zero-order chi connectivity index (χ0) is 13.8. The van der Waals surface area contributed by atoms with Gasteiger partial charge in [0.15, 0.2) is 0 Å². The van der Waals surface area contributed by atoms with Gasteiger partial charge >= 0.3 is 12.1 Å². The van der Waals surface area contributed by atoms with Gasteiger partial charge in [-0.3, -0.25) is 0 Å². The second-order valence-electron chi connectivity index (χ2n) is 3.95. The van der Waals surface area contributed by atoms with E-state index in [9.17, 15) is 22.0 Å². The number of hydrogen-bond donors (Lipinski definition) is 1. The van der Waals surface area contributed by atoms with E-state index in [-0.39, 0.29) is 13.0 Å². The fourth-order valence-corrected chi connectivity index (χ4v) is 1.56. The van der Waals surface area contributed by atoms with Gasteiger partial charge in [0.25, 0.3) is 0 Å². The van der Waals surface area contributed by atoms with Gasteiger partial charge in [0.1, 0.15) is 0 Å². The molecular weight excluding hydrogens is 253 g/mol. The van der Waals surface area contributed by atoms with Gasteiger partial charge < -0.3 is 5.32 Å². The molecule has 1 unspecified atom stereocenters. The average molecular weight is 267 g/mol. The standard InChI is InChI=1S/C12H14F5N/c1-2-10(11(13,14)12(15,16)17)18-8-9-6-4-3-5-7-9/h3-7,10,18H,2,8H2,1H3. The largest absolute Gasteiger partial charge is 0.454 e.